The standard InChI is InChI=1S/C28H29N5O2/c1-19-9-13-32(14-10-19)23-7-5-22(6-8-23)31-27(34)24-16-25-26(30-20(24)2)11-15-33(28(25)35)18-21-4-3-12-29-17-21/h3-8,11-12,15-17,19H,9-10,13-14,18H2,1-2H3,(H,31,34). The Balaban J connectivity index is 1.36. The molecule has 5 rings (SSSR count). The highest BCUT2D eigenvalue weighted by molar-refractivity contribution is 6.06. The second-order valence-corrected chi connectivity index (χ2v) is 9.33. The number of hydrogen-bond acceptors (Lipinski definition) is 5. The van der Waals surface area contributed by atoms with Crippen LogP contribution in [0.25, 0.3) is 10.9 Å². The summed E-state index contributed by atoms with van der Waals surface area (Å²) in [6.07, 6.45) is 7.58. The van der Waals surface area contributed by atoms with E-state index in [1.54, 1.807) is 36.1 Å². The van der Waals surface area contributed by atoms with Crippen LogP contribution < -0.4 is 15.8 Å². The predicted molar refractivity (Wildman–Crippen MR) is 139 cm³/mol. The summed E-state index contributed by atoms with van der Waals surface area (Å²) in [6, 6.07) is 15.2. The number of aromatic nitrogens is 3. The van der Waals surface area contributed by atoms with Gasteiger partial charge >= 0.3 is 0 Å². The number of rotatable bonds is 5. The van der Waals surface area contributed by atoms with Gasteiger partial charge in [0.1, 0.15) is 0 Å². The van der Waals surface area contributed by atoms with Crippen LogP contribution in [-0.2, 0) is 6.54 Å². The van der Waals surface area contributed by atoms with E-state index in [9.17, 15) is 9.59 Å². The summed E-state index contributed by atoms with van der Waals surface area (Å²) in [5, 5.41) is 3.38. The van der Waals surface area contributed by atoms with E-state index in [2.05, 4.69) is 27.1 Å². The molecule has 1 amide bonds. The summed E-state index contributed by atoms with van der Waals surface area (Å²) in [6.45, 7) is 6.62. The number of amides is 1. The number of nitrogens with one attached hydrogen (secondary N) is 1. The molecule has 7 nitrogen and oxygen atoms in total. The van der Waals surface area contributed by atoms with Crippen molar-refractivity contribution in [2.24, 2.45) is 5.92 Å². The van der Waals surface area contributed by atoms with Crippen molar-refractivity contribution in [3.05, 3.63) is 94.3 Å². The number of carbonyl (C=O) groups excluding carboxylic acids is 1. The lowest BCUT2D eigenvalue weighted by Crippen LogP contribution is -2.32. The monoisotopic (exact) mass is 467 g/mol. The van der Waals surface area contributed by atoms with Gasteiger partial charge in [0.15, 0.2) is 0 Å². The average Bonchev–Trinajstić information content (AvgIpc) is 2.87. The number of aryl methyl sites for hydroxylation is 1. The first kappa shape index (κ1) is 22.8. The molecule has 3 aromatic heterocycles. The molecule has 0 aliphatic carbocycles. The van der Waals surface area contributed by atoms with Crippen LogP contribution >= 0.6 is 0 Å². The molecular formula is C28H29N5O2. The molecule has 0 spiro atoms. The summed E-state index contributed by atoms with van der Waals surface area (Å²) in [7, 11) is 0. The zero-order valence-corrected chi connectivity index (χ0v) is 20.1. The molecule has 1 aliphatic heterocycles. The van der Waals surface area contributed by atoms with Crippen molar-refractivity contribution in [2.45, 2.75) is 33.2 Å². The normalized spacial score (nSPS) is 14.3. The molecule has 4 heterocycles. The first-order valence-corrected chi connectivity index (χ1v) is 12.0. The van der Waals surface area contributed by atoms with E-state index >= 15 is 0 Å². The lowest BCUT2D eigenvalue weighted by Gasteiger charge is -2.32. The third-order valence-electron chi connectivity index (χ3n) is 6.74. The van der Waals surface area contributed by atoms with Gasteiger partial charge in [-0.15, -0.1) is 0 Å². The second kappa shape index (κ2) is 9.70. The minimum Gasteiger partial charge on any atom is -0.372 e. The number of pyridine rings is 3. The van der Waals surface area contributed by atoms with Crippen molar-refractivity contribution in [3.63, 3.8) is 0 Å². The molecule has 0 atom stereocenters. The highest BCUT2D eigenvalue weighted by Gasteiger charge is 2.17. The van der Waals surface area contributed by atoms with Crippen molar-refractivity contribution >= 4 is 28.2 Å². The topological polar surface area (TPSA) is 80.1 Å². The third-order valence-corrected chi connectivity index (χ3v) is 6.74. The molecular weight excluding hydrogens is 438 g/mol. The minimum atomic E-state index is -0.279. The van der Waals surface area contributed by atoms with Crippen molar-refractivity contribution in [3.8, 4) is 0 Å². The van der Waals surface area contributed by atoms with Crippen molar-refractivity contribution in [1.82, 2.24) is 14.5 Å². The maximum Gasteiger partial charge on any atom is 0.260 e. The average molecular weight is 468 g/mol. The maximum atomic E-state index is 13.2. The van der Waals surface area contributed by atoms with Gasteiger partial charge in [-0.1, -0.05) is 13.0 Å². The van der Waals surface area contributed by atoms with Gasteiger partial charge in [0.05, 0.1) is 28.7 Å². The Hall–Kier alpha value is -4.00. The molecule has 1 aliphatic rings. The first-order valence-electron chi connectivity index (χ1n) is 12.0. The molecule has 1 saturated heterocycles. The molecule has 178 valence electrons. The fourth-order valence-corrected chi connectivity index (χ4v) is 4.57. The molecule has 1 fully saturated rings. The Morgan fingerprint density at radius 1 is 1.11 bits per heavy atom. The van der Waals surface area contributed by atoms with Crippen molar-refractivity contribution in [2.75, 3.05) is 23.3 Å². The van der Waals surface area contributed by atoms with Crippen LogP contribution in [-0.4, -0.2) is 33.5 Å². The van der Waals surface area contributed by atoms with Gasteiger partial charge in [0.2, 0.25) is 0 Å². The summed E-state index contributed by atoms with van der Waals surface area (Å²) in [5.41, 5.74) is 4.17. The summed E-state index contributed by atoms with van der Waals surface area (Å²) in [5.74, 6) is 0.501. The van der Waals surface area contributed by atoms with E-state index in [1.807, 2.05) is 42.5 Å². The van der Waals surface area contributed by atoms with Crippen LogP contribution in [0.15, 0.2) is 71.9 Å². The SMILES string of the molecule is Cc1nc2ccn(Cc3cccnc3)c(=O)c2cc1C(=O)Nc1ccc(N2CCC(C)CC2)cc1. The van der Waals surface area contributed by atoms with E-state index in [0.29, 0.717) is 34.4 Å². The van der Waals surface area contributed by atoms with Crippen LogP contribution in [0.3, 0.4) is 0 Å². The van der Waals surface area contributed by atoms with Crippen LogP contribution in [0.4, 0.5) is 11.4 Å². The van der Waals surface area contributed by atoms with Gasteiger partial charge < -0.3 is 14.8 Å². The molecule has 1 aromatic carbocycles. The Kier molecular flexibility index (Phi) is 6.31. The Morgan fingerprint density at radius 3 is 2.60 bits per heavy atom. The number of carbonyl (C=O) groups is 1. The molecule has 0 unspecified atom stereocenters. The Bertz CT molecular complexity index is 1410. The van der Waals surface area contributed by atoms with Crippen LogP contribution in [0.1, 0.15) is 41.4 Å². The van der Waals surface area contributed by atoms with E-state index in [4.69, 9.17) is 0 Å². The molecule has 0 bridgehead atoms. The third kappa shape index (κ3) is 4.94. The van der Waals surface area contributed by atoms with E-state index in [-0.39, 0.29) is 11.5 Å². The van der Waals surface area contributed by atoms with Crippen molar-refractivity contribution in [1.29, 1.82) is 0 Å². The molecule has 4 aromatic rings. The van der Waals surface area contributed by atoms with E-state index < -0.39 is 0 Å². The first-order chi connectivity index (χ1) is 17.0. The summed E-state index contributed by atoms with van der Waals surface area (Å²) >= 11 is 0. The lowest BCUT2D eigenvalue weighted by molar-refractivity contribution is 0.102. The fourth-order valence-electron chi connectivity index (χ4n) is 4.57. The Morgan fingerprint density at radius 2 is 1.89 bits per heavy atom. The number of hydrogen-bond donors (Lipinski definition) is 1. The van der Waals surface area contributed by atoms with Crippen LogP contribution in [0.2, 0.25) is 0 Å². The number of nitrogens with zero attached hydrogens (tertiary/aromatic N) is 4. The summed E-state index contributed by atoms with van der Waals surface area (Å²) < 4.78 is 1.61. The number of anilines is 2. The predicted octanol–water partition coefficient (Wildman–Crippen LogP) is 4.64. The summed E-state index contributed by atoms with van der Waals surface area (Å²) in [4.78, 5) is 37.3. The largest absolute Gasteiger partial charge is 0.372 e. The van der Waals surface area contributed by atoms with Gasteiger partial charge in [-0.25, -0.2) is 0 Å². The van der Waals surface area contributed by atoms with Crippen LogP contribution in [0, 0.1) is 12.8 Å². The molecule has 35 heavy (non-hydrogen) atoms. The highest BCUT2D eigenvalue weighted by Crippen LogP contribution is 2.25. The Labute approximate surface area is 204 Å². The van der Waals surface area contributed by atoms with Gasteiger partial charge in [0, 0.05) is 43.1 Å². The minimum absolute atomic E-state index is 0.187. The highest BCUT2D eigenvalue weighted by atomic mass is 16.1. The van der Waals surface area contributed by atoms with Gasteiger partial charge in [-0.2, -0.15) is 0 Å². The molecule has 1 N–H and O–H groups in total. The maximum absolute atomic E-state index is 13.2. The van der Waals surface area contributed by atoms with E-state index in [0.717, 1.165) is 24.6 Å². The van der Waals surface area contributed by atoms with Gasteiger partial charge in [0.25, 0.3) is 11.5 Å². The molecule has 0 radical (unpaired) electrons. The lowest BCUT2D eigenvalue weighted by atomic mass is 9.99. The van der Waals surface area contributed by atoms with Crippen molar-refractivity contribution < 1.29 is 4.79 Å². The zero-order valence-electron chi connectivity index (χ0n) is 20.1. The number of piperidine rings is 1. The number of fused-ring (bicyclic) bond motifs is 1. The quantitative estimate of drug-likeness (QED) is 0.463. The molecule has 0 saturated carbocycles. The van der Waals surface area contributed by atoms with Crippen LogP contribution in [0.5, 0.6) is 0 Å². The number of benzene rings is 1. The van der Waals surface area contributed by atoms with Gasteiger partial charge in [-0.3, -0.25) is 19.6 Å². The fraction of sp³-hybridized carbons (Fsp3) is 0.286. The van der Waals surface area contributed by atoms with Gasteiger partial charge in [-0.05, 0) is 73.7 Å². The zero-order chi connectivity index (χ0) is 24.4. The smallest absolute Gasteiger partial charge is 0.260 e. The molecule has 7 heteroatoms. The van der Waals surface area contributed by atoms with E-state index in [1.165, 1.54) is 18.5 Å². The second-order valence-electron chi connectivity index (χ2n) is 9.33.